The summed E-state index contributed by atoms with van der Waals surface area (Å²) >= 11 is 2.73. The van der Waals surface area contributed by atoms with Gasteiger partial charge in [-0.25, -0.2) is 14.2 Å². The van der Waals surface area contributed by atoms with Gasteiger partial charge in [0.05, 0.1) is 11.4 Å². The van der Waals surface area contributed by atoms with E-state index in [0.29, 0.717) is 0 Å². The molecule has 0 radical (unpaired) electrons. The number of urea groups is 1. The number of imide groups is 1. The van der Waals surface area contributed by atoms with Crippen LogP contribution in [0.5, 0.6) is 0 Å². The van der Waals surface area contributed by atoms with E-state index in [9.17, 15) is 14.0 Å². The highest BCUT2D eigenvalue weighted by Crippen LogP contribution is 2.55. The molecule has 4 fully saturated rings. The third-order valence-corrected chi connectivity index (χ3v) is 8.64. The molecule has 2 aromatic rings. The van der Waals surface area contributed by atoms with E-state index in [-0.39, 0.29) is 29.0 Å². The van der Waals surface area contributed by atoms with Crippen LogP contribution in [0, 0.1) is 23.6 Å². The number of nitrogens with zero attached hydrogens (tertiary/aromatic N) is 1. The number of aromatic nitrogens is 1. The van der Waals surface area contributed by atoms with Crippen LogP contribution in [0.15, 0.2) is 34.0 Å². The van der Waals surface area contributed by atoms with Crippen LogP contribution < -0.4 is 10.6 Å². The van der Waals surface area contributed by atoms with Gasteiger partial charge in [-0.3, -0.25) is 10.1 Å². The number of carbonyl (C=O) groups is 2. The highest BCUT2D eigenvalue weighted by Gasteiger charge is 2.51. The summed E-state index contributed by atoms with van der Waals surface area (Å²) in [6, 6.07) is 5.80. The minimum atomic E-state index is -0.367. The molecule has 4 aliphatic carbocycles. The van der Waals surface area contributed by atoms with E-state index in [1.165, 1.54) is 54.5 Å². The van der Waals surface area contributed by atoms with Crippen molar-refractivity contribution >= 4 is 35.0 Å². The number of benzene rings is 1. The van der Waals surface area contributed by atoms with Crippen molar-refractivity contribution in [1.82, 2.24) is 15.6 Å². The van der Waals surface area contributed by atoms with Crippen molar-refractivity contribution in [3.63, 3.8) is 0 Å². The Kier molecular flexibility index (Phi) is 5.31. The first kappa shape index (κ1) is 20.0. The van der Waals surface area contributed by atoms with Gasteiger partial charge in [0.1, 0.15) is 5.82 Å². The first-order chi connectivity index (χ1) is 14.5. The van der Waals surface area contributed by atoms with E-state index >= 15 is 0 Å². The minimum Gasteiger partial charge on any atom is -0.332 e. The van der Waals surface area contributed by atoms with Crippen molar-refractivity contribution in [1.29, 1.82) is 0 Å². The van der Waals surface area contributed by atoms with Crippen molar-refractivity contribution in [2.75, 3.05) is 5.75 Å². The average molecular weight is 446 g/mol. The number of hydrogen-bond acceptors (Lipinski definition) is 5. The van der Waals surface area contributed by atoms with Gasteiger partial charge in [0.25, 0.3) is 0 Å². The first-order valence-corrected chi connectivity index (χ1v) is 12.3. The zero-order valence-corrected chi connectivity index (χ0v) is 18.2. The number of halogens is 1. The van der Waals surface area contributed by atoms with Crippen LogP contribution in [0.3, 0.4) is 0 Å². The molecule has 4 bridgehead atoms. The largest absolute Gasteiger partial charge is 0.332 e. The maximum absolute atomic E-state index is 13.1. The lowest BCUT2D eigenvalue weighted by atomic mass is 9.53. The van der Waals surface area contributed by atoms with Gasteiger partial charge in [0, 0.05) is 16.5 Å². The van der Waals surface area contributed by atoms with E-state index < -0.39 is 0 Å². The van der Waals surface area contributed by atoms with E-state index in [1.54, 1.807) is 12.1 Å². The van der Waals surface area contributed by atoms with E-state index in [1.807, 2.05) is 5.38 Å². The van der Waals surface area contributed by atoms with Crippen LogP contribution in [0.25, 0.3) is 11.3 Å². The SMILES string of the molecule is O=C(CSc1nc(-c2ccc(F)cc2)cs1)NC(=O)NC12CC3CC(CC(C3)C1)C2. The molecule has 0 aliphatic heterocycles. The molecule has 5 nitrogen and oxygen atoms in total. The standard InChI is InChI=1S/C22H24FN3O2S2/c23-17-3-1-16(2-4-17)18-11-29-21(24-18)30-12-19(27)25-20(28)26-22-8-13-5-14(9-22)7-15(6-13)10-22/h1-4,11,13-15H,5-10,12H2,(H2,25,26,27,28). The van der Waals surface area contributed by atoms with Gasteiger partial charge >= 0.3 is 6.03 Å². The molecule has 2 N–H and O–H groups in total. The fourth-order valence-electron chi connectivity index (χ4n) is 5.90. The Morgan fingerprint density at radius 2 is 1.73 bits per heavy atom. The summed E-state index contributed by atoms with van der Waals surface area (Å²) in [5, 5.41) is 7.54. The molecule has 30 heavy (non-hydrogen) atoms. The van der Waals surface area contributed by atoms with Gasteiger partial charge in [0.15, 0.2) is 4.34 Å². The summed E-state index contributed by atoms with van der Waals surface area (Å²) in [6.07, 6.45) is 7.10. The van der Waals surface area contributed by atoms with Crippen molar-refractivity contribution < 1.29 is 14.0 Å². The Bertz CT molecular complexity index is 924. The Morgan fingerprint density at radius 1 is 1.10 bits per heavy atom. The van der Waals surface area contributed by atoms with Crippen molar-refractivity contribution in [3.8, 4) is 11.3 Å². The maximum atomic E-state index is 13.1. The highest BCUT2D eigenvalue weighted by atomic mass is 32.2. The fraction of sp³-hybridized carbons (Fsp3) is 0.500. The smallest absolute Gasteiger partial charge is 0.321 e. The summed E-state index contributed by atoms with van der Waals surface area (Å²) < 4.78 is 13.8. The first-order valence-electron chi connectivity index (χ1n) is 10.4. The van der Waals surface area contributed by atoms with E-state index in [0.717, 1.165) is 52.6 Å². The third kappa shape index (κ3) is 4.25. The van der Waals surface area contributed by atoms with E-state index in [4.69, 9.17) is 0 Å². The van der Waals surface area contributed by atoms with Crippen LogP contribution in [0.1, 0.15) is 38.5 Å². The molecule has 0 unspecified atom stereocenters. The quantitative estimate of drug-likeness (QED) is 0.647. The predicted molar refractivity (Wildman–Crippen MR) is 116 cm³/mol. The topological polar surface area (TPSA) is 71.1 Å². The monoisotopic (exact) mass is 445 g/mol. The van der Waals surface area contributed by atoms with E-state index in [2.05, 4.69) is 15.6 Å². The zero-order chi connectivity index (χ0) is 20.7. The lowest BCUT2D eigenvalue weighted by Gasteiger charge is -2.56. The highest BCUT2D eigenvalue weighted by molar-refractivity contribution is 8.01. The second-order valence-electron chi connectivity index (χ2n) is 8.99. The molecule has 4 saturated carbocycles. The number of carbonyl (C=O) groups excluding carboxylic acids is 2. The van der Waals surface area contributed by atoms with Crippen molar-refractivity contribution in [2.45, 2.75) is 48.4 Å². The minimum absolute atomic E-state index is 0.106. The van der Waals surface area contributed by atoms with Gasteiger partial charge in [-0.1, -0.05) is 11.8 Å². The fourth-order valence-corrected chi connectivity index (χ4v) is 7.54. The third-order valence-electron chi connectivity index (χ3n) is 6.62. The molecular formula is C22H24FN3O2S2. The average Bonchev–Trinajstić information content (AvgIpc) is 3.14. The zero-order valence-electron chi connectivity index (χ0n) is 16.5. The van der Waals surface area contributed by atoms with Gasteiger partial charge in [0.2, 0.25) is 5.91 Å². The molecular weight excluding hydrogens is 421 g/mol. The molecule has 0 saturated heterocycles. The molecule has 8 heteroatoms. The normalized spacial score (nSPS) is 29.0. The number of amides is 3. The summed E-state index contributed by atoms with van der Waals surface area (Å²) in [5.41, 5.74) is 1.48. The summed E-state index contributed by atoms with van der Waals surface area (Å²) in [6.45, 7) is 0. The Hall–Kier alpha value is -1.93. The Balaban J connectivity index is 1.12. The molecule has 1 aromatic carbocycles. The van der Waals surface area contributed by atoms with Gasteiger partial charge in [-0.2, -0.15) is 0 Å². The number of thiazole rings is 1. The number of nitrogens with one attached hydrogen (secondary N) is 2. The molecule has 4 aliphatic rings. The maximum Gasteiger partial charge on any atom is 0.321 e. The lowest BCUT2D eigenvalue weighted by Crippen LogP contribution is -2.61. The van der Waals surface area contributed by atoms with Gasteiger partial charge < -0.3 is 5.32 Å². The number of thioether (sulfide) groups is 1. The second kappa shape index (κ2) is 7.96. The Labute approximate surface area is 183 Å². The van der Waals surface area contributed by atoms with Crippen LogP contribution in [-0.2, 0) is 4.79 Å². The van der Waals surface area contributed by atoms with Gasteiger partial charge in [-0.05, 0) is 80.5 Å². The molecule has 6 rings (SSSR count). The molecule has 1 aromatic heterocycles. The molecule has 3 amide bonds. The molecule has 0 atom stereocenters. The molecule has 1 heterocycles. The van der Waals surface area contributed by atoms with Crippen molar-refractivity contribution in [3.05, 3.63) is 35.5 Å². The number of rotatable bonds is 5. The summed E-state index contributed by atoms with van der Waals surface area (Å²) in [5.74, 6) is 1.74. The lowest BCUT2D eigenvalue weighted by molar-refractivity contribution is -0.117. The summed E-state index contributed by atoms with van der Waals surface area (Å²) in [7, 11) is 0. The summed E-state index contributed by atoms with van der Waals surface area (Å²) in [4.78, 5) is 29.2. The van der Waals surface area contributed by atoms with Gasteiger partial charge in [-0.15, -0.1) is 11.3 Å². The Morgan fingerprint density at radius 3 is 2.37 bits per heavy atom. The van der Waals surface area contributed by atoms with Crippen LogP contribution in [0.2, 0.25) is 0 Å². The van der Waals surface area contributed by atoms with Crippen LogP contribution in [-0.4, -0.2) is 28.2 Å². The van der Waals surface area contributed by atoms with Crippen molar-refractivity contribution in [2.24, 2.45) is 17.8 Å². The molecule has 0 spiro atoms. The second-order valence-corrected chi connectivity index (χ2v) is 11.1. The van der Waals surface area contributed by atoms with Crippen LogP contribution >= 0.6 is 23.1 Å². The molecule has 158 valence electrons. The number of hydrogen-bond donors (Lipinski definition) is 2. The van der Waals surface area contributed by atoms with Crippen LogP contribution in [0.4, 0.5) is 9.18 Å². The predicted octanol–water partition coefficient (Wildman–Crippen LogP) is 4.84.